The summed E-state index contributed by atoms with van der Waals surface area (Å²) < 4.78 is 16.8. The maximum absolute atomic E-state index is 13.2. The number of allylic oxidation sites excluding steroid dienone is 1. The van der Waals surface area contributed by atoms with E-state index in [0.29, 0.717) is 36.7 Å². The second-order valence-corrected chi connectivity index (χ2v) is 9.40. The van der Waals surface area contributed by atoms with Gasteiger partial charge in [-0.2, -0.15) is 0 Å². The topological polar surface area (TPSA) is 94.1 Å². The monoisotopic (exact) mass is 457 g/mol. The van der Waals surface area contributed by atoms with Crippen molar-refractivity contribution in [2.45, 2.75) is 63.7 Å². The minimum atomic E-state index is -0.586. The van der Waals surface area contributed by atoms with Crippen molar-refractivity contribution < 1.29 is 28.9 Å². The average Bonchev–Trinajstić information content (AvgIpc) is 3.46. The fourth-order valence-electron chi connectivity index (χ4n) is 5.77. The van der Waals surface area contributed by atoms with E-state index < -0.39 is 6.29 Å². The highest BCUT2D eigenvalue weighted by molar-refractivity contribution is 5.92. The summed E-state index contributed by atoms with van der Waals surface area (Å²) in [5, 5.41) is 12.6. The molecule has 1 heterocycles. The number of aliphatic hydroxyl groups is 1. The van der Waals surface area contributed by atoms with Gasteiger partial charge in [0, 0.05) is 31.1 Å². The molecule has 4 rings (SSSR count). The molecule has 180 valence electrons. The molecule has 3 unspecified atom stereocenters. The number of ether oxygens (including phenoxy) is 3. The van der Waals surface area contributed by atoms with Crippen LogP contribution < -0.4 is 5.32 Å². The van der Waals surface area contributed by atoms with Gasteiger partial charge < -0.3 is 24.6 Å². The third kappa shape index (κ3) is 5.25. The van der Waals surface area contributed by atoms with E-state index >= 15 is 0 Å². The number of carbonyl (C=O) groups excluding carboxylic acids is 2. The number of fused-ring (bicyclic) bond motifs is 2. The molecule has 2 aliphatic carbocycles. The number of hydrogen-bond donors (Lipinski definition) is 2. The van der Waals surface area contributed by atoms with Crippen molar-refractivity contribution >= 4 is 11.9 Å². The van der Waals surface area contributed by atoms with Crippen LogP contribution in [-0.2, 0) is 19.0 Å². The summed E-state index contributed by atoms with van der Waals surface area (Å²) in [5.41, 5.74) is 1.43. The zero-order valence-corrected chi connectivity index (χ0v) is 19.5. The van der Waals surface area contributed by atoms with Gasteiger partial charge in [0.15, 0.2) is 5.76 Å². The summed E-state index contributed by atoms with van der Waals surface area (Å²) >= 11 is 0. The number of rotatable bonds is 9. The maximum atomic E-state index is 13.2. The fraction of sp³-hybridized carbons (Fsp3) is 0.615. The quantitative estimate of drug-likeness (QED) is 0.551. The molecule has 0 saturated heterocycles. The lowest BCUT2D eigenvalue weighted by atomic mass is 9.80. The molecular formula is C26H35NO6. The highest BCUT2D eigenvalue weighted by Crippen LogP contribution is 2.45. The third-order valence-corrected chi connectivity index (χ3v) is 7.41. The molecule has 33 heavy (non-hydrogen) atoms. The first-order valence-electron chi connectivity index (χ1n) is 12.1. The second kappa shape index (κ2) is 10.7. The first-order valence-corrected chi connectivity index (χ1v) is 12.1. The molecule has 2 bridgehead atoms. The van der Waals surface area contributed by atoms with Crippen molar-refractivity contribution in [2.75, 3.05) is 20.3 Å². The Kier molecular flexibility index (Phi) is 7.71. The Morgan fingerprint density at radius 1 is 1.18 bits per heavy atom. The van der Waals surface area contributed by atoms with Crippen LogP contribution in [0.5, 0.6) is 0 Å². The number of hydrogen-bond acceptors (Lipinski definition) is 6. The number of esters is 1. The van der Waals surface area contributed by atoms with Crippen LogP contribution in [0.2, 0.25) is 0 Å². The molecule has 7 nitrogen and oxygen atoms in total. The molecule has 1 aromatic carbocycles. The molecule has 2 N–H and O–H groups in total. The van der Waals surface area contributed by atoms with Gasteiger partial charge in [0.1, 0.15) is 0 Å². The molecule has 2 fully saturated rings. The smallest absolute Gasteiger partial charge is 0.337 e. The van der Waals surface area contributed by atoms with E-state index in [1.54, 1.807) is 12.1 Å². The number of aliphatic hydroxyl groups excluding tert-OH is 1. The Hall–Kier alpha value is -2.38. The SMILES string of the molecule is CCO[C@H]1OC(C(=O)NC2CC3CCC2C3)=C[C@@H](c2ccc(C(=O)OC)cc2)[C@@H]1CCCO. The van der Waals surface area contributed by atoms with Crippen LogP contribution in [0.4, 0.5) is 0 Å². The van der Waals surface area contributed by atoms with Crippen LogP contribution in [0.15, 0.2) is 36.1 Å². The Labute approximate surface area is 195 Å². The minimum absolute atomic E-state index is 0.0693. The van der Waals surface area contributed by atoms with Gasteiger partial charge in [-0.1, -0.05) is 18.6 Å². The van der Waals surface area contributed by atoms with E-state index in [1.165, 1.54) is 26.4 Å². The van der Waals surface area contributed by atoms with E-state index in [0.717, 1.165) is 17.9 Å². The van der Waals surface area contributed by atoms with Gasteiger partial charge in [-0.3, -0.25) is 4.79 Å². The summed E-state index contributed by atoms with van der Waals surface area (Å²) in [5.74, 6) is 0.812. The number of carbonyl (C=O) groups is 2. The van der Waals surface area contributed by atoms with E-state index in [9.17, 15) is 14.7 Å². The molecule has 3 aliphatic rings. The molecule has 0 aromatic heterocycles. The van der Waals surface area contributed by atoms with Gasteiger partial charge in [0.05, 0.1) is 12.7 Å². The molecule has 1 aliphatic heterocycles. The van der Waals surface area contributed by atoms with Gasteiger partial charge in [-0.15, -0.1) is 0 Å². The fourth-order valence-corrected chi connectivity index (χ4v) is 5.77. The first-order chi connectivity index (χ1) is 16.0. The standard InChI is InChI=1S/C26H35NO6/c1-3-32-26-20(5-4-12-28)21(17-8-10-18(11-9-17)25(30)31-2)15-23(33-26)24(29)27-22-14-16-6-7-19(22)13-16/h8-11,15-16,19-22,26,28H,3-7,12-14H2,1-2H3,(H,27,29)/t16?,19?,20-,21-,22?,26-/m0/s1. The summed E-state index contributed by atoms with van der Waals surface area (Å²) in [6, 6.07) is 7.46. The number of nitrogens with one attached hydrogen (secondary N) is 1. The van der Waals surface area contributed by atoms with E-state index in [-0.39, 0.29) is 36.4 Å². The van der Waals surface area contributed by atoms with Gasteiger partial charge in [0.2, 0.25) is 6.29 Å². The lowest BCUT2D eigenvalue weighted by Gasteiger charge is -2.37. The Balaban J connectivity index is 1.59. The molecule has 0 radical (unpaired) electrons. The van der Waals surface area contributed by atoms with Gasteiger partial charge in [-0.05, 0) is 74.6 Å². The first kappa shape index (κ1) is 23.8. The lowest BCUT2D eigenvalue weighted by Crippen LogP contribution is -2.43. The van der Waals surface area contributed by atoms with Gasteiger partial charge in [0.25, 0.3) is 5.91 Å². The zero-order valence-electron chi connectivity index (χ0n) is 19.5. The number of methoxy groups -OCH3 is 1. The molecular weight excluding hydrogens is 422 g/mol. The largest absolute Gasteiger partial charge is 0.465 e. The molecule has 1 aromatic rings. The number of amides is 1. The van der Waals surface area contributed by atoms with Crippen molar-refractivity contribution in [3.63, 3.8) is 0 Å². The van der Waals surface area contributed by atoms with E-state index in [4.69, 9.17) is 14.2 Å². The molecule has 0 spiro atoms. The summed E-state index contributed by atoms with van der Waals surface area (Å²) in [7, 11) is 1.36. The van der Waals surface area contributed by atoms with Crippen molar-refractivity contribution in [3.8, 4) is 0 Å². The molecule has 1 amide bonds. The second-order valence-electron chi connectivity index (χ2n) is 9.40. The summed E-state index contributed by atoms with van der Waals surface area (Å²) in [4.78, 5) is 25.0. The Morgan fingerprint density at radius 2 is 1.97 bits per heavy atom. The van der Waals surface area contributed by atoms with Gasteiger partial charge >= 0.3 is 5.97 Å². The highest BCUT2D eigenvalue weighted by Gasteiger charge is 2.42. The van der Waals surface area contributed by atoms with Crippen LogP contribution in [-0.4, -0.2) is 49.6 Å². The van der Waals surface area contributed by atoms with Crippen molar-refractivity contribution in [2.24, 2.45) is 17.8 Å². The predicted octanol–water partition coefficient (Wildman–Crippen LogP) is 3.53. The van der Waals surface area contributed by atoms with Crippen molar-refractivity contribution in [1.29, 1.82) is 0 Å². The highest BCUT2D eigenvalue weighted by atomic mass is 16.7. The van der Waals surface area contributed by atoms with Crippen LogP contribution in [0.25, 0.3) is 0 Å². The zero-order chi connectivity index (χ0) is 23.4. The van der Waals surface area contributed by atoms with Crippen LogP contribution in [0, 0.1) is 17.8 Å². The average molecular weight is 458 g/mol. The van der Waals surface area contributed by atoms with Crippen LogP contribution in [0.1, 0.15) is 67.3 Å². The van der Waals surface area contributed by atoms with Crippen molar-refractivity contribution in [3.05, 3.63) is 47.2 Å². The molecule has 6 atom stereocenters. The lowest BCUT2D eigenvalue weighted by molar-refractivity contribution is -0.167. The summed E-state index contributed by atoms with van der Waals surface area (Å²) in [6.45, 7) is 2.43. The van der Waals surface area contributed by atoms with Crippen LogP contribution in [0.3, 0.4) is 0 Å². The Morgan fingerprint density at radius 3 is 2.58 bits per heavy atom. The van der Waals surface area contributed by atoms with E-state index in [1.807, 2.05) is 25.1 Å². The maximum Gasteiger partial charge on any atom is 0.337 e. The van der Waals surface area contributed by atoms with Crippen LogP contribution >= 0.6 is 0 Å². The normalized spacial score (nSPS) is 30.5. The van der Waals surface area contributed by atoms with Gasteiger partial charge in [-0.25, -0.2) is 4.79 Å². The summed E-state index contributed by atoms with van der Waals surface area (Å²) in [6.07, 6.45) is 7.32. The Bertz CT molecular complexity index is 866. The third-order valence-electron chi connectivity index (χ3n) is 7.41. The van der Waals surface area contributed by atoms with E-state index in [2.05, 4.69) is 5.32 Å². The minimum Gasteiger partial charge on any atom is -0.465 e. The number of benzene rings is 1. The van der Waals surface area contributed by atoms with Crippen molar-refractivity contribution in [1.82, 2.24) is 5.32 Å². The molecule has 2 saturated carbocycles. The predicted molar refractivity (Wildman–Crippen MR) is 122 cm³/mol. The molecule has 7 heteroatoms.